The third-order valence-corrected chi connectivity index (χ3v) is 2.12. The molecule has 0 unspecified atom stereocenters. The molecule has 0 saturated carbocycles. The zero-order chi connectivity index (χ0) is 10.8. The maximum Gasteiger partial charge on any atom is 0.123 e. The maximum absolute atomic E-state index is 9.00. The highest BCUT2D eigenvalue weighted by atomic mass is 16.5. The summed E-state index contributed by atoms with van der Waals surface area (Å²) in [5.41, 5.74) is 1.60. The molecule has 0 N–H and O–H groups in total. The average molecular weight is 189 g/mol. The van der Waals surface area contributed by atoms with E-state index in [0.717, 1.165) is 11.3 Å². The van der Waals surface area contributed by atoms with Crippen molar-refractivity contribution >= 4 is 0 Å². The Balaban J connectivity index is 3.44. The SMILES string of the molecule is COc1cccc(C#N)c1C(C)(C)C. The van der Waals surface area contributed by atoms with Gasteiger partial charge in [-0.1, -0.05) is 26.8 Å². The summed E-state index contributed by atoms with van der Waals surface area (Å²) in [6.45, 7) is 6.23. The number of ether oxygens (including phenoxy) is 1. The average Bonchev–Trinajstić information content (AvgIpc) is 2.15. The van der Waals surface area contributed by atoms with Crippen LogP contribution >= 0.6 is 0 Å². The molecule has 2 nitrogen and oxygen atoms in total. The molecule has 0 saturated heterocycles. The minimum absolute atomic E-state index is 0.0718. The summed E-state index contributed by atoms with van der Waals surface area (Å²) in [4.78, 5) is 0. The van der Waals surface area contributed by atoms with Crippen molar-refractivity contribution in [2.75, 3.05) is 7.11 Å². The highest BCUT2D eigenvalue weighted by molar-refractivity contribution is 5.50. The predicted molar refractivity (Wildman–Crippen MR) is 56.4 cm³/mol. The Morgan fingerprint density at radius 2 is 1.93 bits per heavy atom. The first-order chi connectivity index (χ1) is 6.50. The van der Waals surface area contributed by atoms with Crippen LogP contribution in [0.1, 0.15) is 31.9 Å². The third kappa shape index (κ3) is 1.88. The van der Waals surface area contributed by atoms with Gasteiger partial charge in [0.05, 0.1) is 18.7 Å². The van der Waals surface area contributed by atoms with E-state index in [1.807, 2.05) is 18.2 Å². The van der Waals surface area contributed by atoms with Crippen molar-refractivity contribution in [2.45, 2.75) is 26.2 Å². The van der Waals surface area contributed by atoms with Crippen molar-refractivity contribution in [3.8, 4) is 11.8 Å². The number of methoxy groups -OCH3 is 1. The van der Waals surface area contributed by atoms with Gasteiger partial charge in [-0.25, -0.2) is 0 Å². The largest absolute Gasteiger partial charge is 0.496 e. The number of hydrogen-bond donors (Lipinski definition) is 0. The van der Waals surface area contributed by atoms with Crippen molar-refractivity contribution in [1.82, 2.24) is 0 Å². The summed E-state index contributed by atoms with van der Waals surface area (Å²) in [5, 5.41) is 9.00. The van der Waals surface area contributed by atoms with Crippen LogP contribution in [0.2, 0.25) is 0 Å². The lowest BCUT2D eigenvalue weighted by molar-refractivity contribution is 0.397. The maximum atomic E-state index is 9.00. The fraction of sp³-hybridized carbons (Fsp3) is 0.417. The quantitative estimate of drug-likeness (QED) is 0.680. The lowest BCUT2D eigenvalue weighted by Crippen LogP contribution is -2.14. The topological polar surface area (TPSA) is 33.0 Å². The minimum Gasteiger partial charge on any atom is -0.496 e. The lowest BCUT2D eigenvalue weighted by atomic mass is 9.83. The zero-order valence-electron chi connectivity index (χ0n) is 9.09. The summed E-state index contributed by atoms with van der Waals surface area (Å²) < 4.78 is 5.26. The lowest BCUT2D eigenvalue weighted by Gasteiger charge is -2.23. The van der Waals surface area contributed by atoms with Crippen molar-refractivity contribution < 1.29 is 4.74 Å². The molecule has 0 heterocycles. The number of nitrogens with zero attached hydrogens (tertiary/aromatic N) is 1. The van der Waals surface area contributed by atoms with Gasteiger partial charge >= 0.3 is 0 Å². The summed E-state index contributed by atoms with van der Waals surface area (Å²) in [5.74, 6) is 0.788. The van der Waals surface area contributed by atoms with Crippen molar-refractivity contribution in [3.05, 3.63) is 29.3 Å². The molecule has 0 atom stereocenters. The van der Waals surface area contributed by atoms with Crippen molar-refractivity contribution in [3.63, 3.8) is 0 Å². The Morgan fingerprint density at radius 3 is 2.36 bits per heavy atom. The first-order valence-corrected chi connectivity index (χ1v) is 4.58. The molecular weight excluding hydrogens is 174 g/mol. The van der Waals surface area contributed by atoms with E-state index in [-0.39, 0.29) is 5.41 Å². The second-order valence-corrected chi connectivity index (χ2v) is 4.24. The summed E-state index contributed by atoms with van der Waals surface area (Å²) in [6.07, 6.45) is 0. The van der Waals surface area contributed by atoms with E-state index in [9.17, 15) is 0 Å². The summed E-state index contributed by atoms with van der Waals surface area (Å²) in [6, 6.07) is 7.75. The van der Waals surface area contributed by atoms with Gasteiger partial charge in [0.2, 0.25) is 0 Å². The van der Waals surface area contributed by atoms with Crippen molar-refractivity contribution in [2.24, 2.45) is 0 Å². The molecule has 0 spiro atoms. The van der Waals surface area contributed by atoms with Gasteiger partial charge in [-0.2, -0.15) is 5.26 Å². The highest BCUT2D eigenvalue weighted by Crippen LogP contribution is 2.33. The normalized spacial score (nSPS) is 10.8. The second-order valence-electron chi connectivity index (χ2n) is 4.24. The van der Waals surface area contributed by atoms with E-state index in [4.69, 9.17) is 10.00 Å². The van der Waals surface area contributed by atoms with Gasteiger partial charge in [0.15, 0.2) is 0 Å². The van der Waals surface area contributed by atoms with Crippen LogP contribution in [-0.2, 0) is 5.41 Å². The number of hydrogen-bond acceptors (Lipinski definition) is 2. The molecular formula is C12H15NO. The van der Waals surface area contributed by atoms with Crippen LogP contribution in [0.5, 0.6) is 5.75 Å². The number of benzene rings is 1. The summed E-state index contributed by atoms with van der Waals surface area (Å²) in [7, 11) is 1.63. The van der Waals surface area contributed by atoms with Crippen LogP contribution in [0.25, 0.3) is 0 Å². The fourth-order valence-corrected chi connectivity index (χ4v) is 1.57. The fourth-order valence-electron chi connectivity index (χ4n) is 1.57. The second kappa shape index (κ2) is 3.71. The van der Waals surface area contributed by atoms with E-state index in [1.54, 1.807) is 7.11 Å². The van der Waals surface area contributed by atoms with Gasteiger partial charge in [0.1, 0.15) is 5.75 Å². The molecule has 2 heteroatoms. The van der Waals surface area contributed by atoms with E-state index in [1.165, 1.54) is 0 Å². The molecule has 1 rings (SSSR count). The molecule has 1 aromatic rings. The smallest absolute Gasteiger partial charge is 0.123 e. The van der Waals surface area contributed by atoms with Gasteiger partial charge in [0.25, 0.3) is 0 Å². The van der Waals surface area contributed by atoms with Crippen LogP contribution < -0.4 is 4.74 Å². The Hall–Kier alpha value is -1.49. The molecule has 0 bridgehead atoms. The van der Waals surface area contributed by atoms with E-state index in [2.05, 4.69) is 26.8 Å². The Labute approximate surface area is 85.1 Å². The van der Waals surface area contributed by atoms with E-state index < -0.39 is 0 Å². The molecule has 74 valence electrons. The molecule has 14 heavy (non-hydrogen) atoms. The standard InChI is InChI=1S/C12H15NO/c1-12(2,3)11-9(8-13)6-5-7-10(11)14-4/h5-7H,1-4H3. The molecule has 0 aliphatic carbocycles. The summed E-state index contributed by atoms with van der Waals surface area (Å²) >= 11 is 0. The predicted octanol–water partition coefficient (Wildman–Crippen LogP) is 2.86. The van der Waals surface area contributed by atoms with Crippen molar-refractivity contribution in [1.29, 1.82) is 5.26 Å². The molecule has 0 aliphatic heterocycles. The van der Waals surface area contributed by atoms with Crippen LogP contribution in [0, 0.1) is 11.3 Å². The Bertz CT molecular complexity index is 369. The van der Waals surface area contributed by atoms with Gasteiger partial charge in [0, 0.05) is 5.56 Å². The van der Waals surface area contributed by atoms with Gasteiger partial charge in [-0.15, -0.1) is 0 Å². The first-order valence-electron chi connectivity index (χ1n) is 4.58. The van der Waals surface area contributed by atoms with Crippen LogP contribution in [-0.4, -0.2) is 7.11 Å². The molecule has 0 fully saturated rings. The molecule has 0 aliphatic rings. The molecule has 0 amide bonds. The van der Waals surface area contributed by atoms with Gasteiger partial charge in [-0.3, -0.25) is 0 Å². The minimum atomic E-state index is -0.0718. The van der Waals surface area contributed by atoms with Crippen LogP contribution in [0.15, 0.2) is 18.2 Å². The Kier molecular flexibility index (Phi) is 2.81. The first kappa shape index (κ1) is 10.6. The third-order valence-electron chi connectivity index (χ3n) is 2.12. The highest BCUT2D eigenvalue weighted by Gasteiger charge is 2.22. The zero-order valence-corrected chi connectivity index (χ0v) is 9.09. The van der Waals surface area contributed by atoms with E-state index in [0.29, 0.717) is 5.56 Å². The number of nitriles is 1. The monoisotopic (exact) mass is 189 g/mol. The molecule has 1 aromatic carbocycles. The van der Waals surface area contributed by atoms with Gasteiger partial charge in [-0.05, 0) is 17.5 Å². The van der Waals surface area contributed by atoms with Crippen LogP contribution in [0.3, 0.4) is 0 Å². The molecule has 0 aromatic heterocycles. The Morgan fingerprint density at radius 1 is 1.29 bits per heavy atom. The van der Waals surface area contributed by atoms with Crippen LogP contribution in [0.4, 0.5) is 0 Å². The molecule has 0 radical (unpaired) electrons. The number of rotatable bonds is 1. The van der Waals surface area contributed by atoms with Gasteiger partial charge < -0.3 is 4.74 Å². The van der Waals surface area contributed by atoms with E-state index >= 15 is 0 Å².